The maximum atomic E-state index is 13.1. The number of methoxy groups -OCH3 is 1. The minimum Gasteiger partial charge on any atom is -0.496 e. The van der Waals surface area contributed by atoms with E-state index in [0.29, 0.717) is 13.1 Å². The molecule has 2 heterocycles. The molecule has 140 valence electrons. The quantitative estimate of drug-likeness (QED) is 0.838. The van der Waals surface area contributed by atoms with Crippen LogP contribution in [0.5, 0.6) is 5.75 Å². The number of rotatable bonds is 5. The molecule has 1 saturated heterocycles. The summed E-state index contributed by atoms with van der Waals surface area (Å²) in [5.74, 6) is -0.432. The van der Waals surface area contributed by atoms with Crippen LogP contribution in [0.3, 0.4) is 0 Å². The number of nitrogens with two attached hydrogens (primary N) is 1. The van der Waals surface area contributed by atoms with Crippen LogP contribution >= 0.6 is 0 Å². The molecular formula is C17H22N4O4S. The van der Waals surface area contributed by atoms with Crippen LogP contribution in [0.4, 0.5) is 0 Å². The Bertz CT molecular complexity index is 923. The van der Waals surface area contributed by atoms with Crippen LogP contribution in [-0.4, -0.2) is 48.6 Å². The highest BCUT2D eigenvalue weighted by Crippen LogP contribution is 2.31. The average molecular weight is 378 g/mol. The summed E-state index contributed by atoms with van der Waals surface area (Å²) in [5, 5.41) is 4.40. The van der Waals surface area contributed by atoms with Gasteiger partial charge in [0.05, 0.1) is 23.3 Å². The number of aryl methyl sites for hydroxylation is 1. The number of ether oxygens (including phenoxy) is 1. The second kappa shape index (κ2) is 7.08. The summed E-state index contributed by atoms with van der Waals surface area (Å²) >= 11 is 0. The third kappa shape index (κ3) is 3.45. The molecule has 1 aromatic carbocycles. The Morgan fingerprint density at radius 3 is 2.73 bits per heavy atom. The van der Waals surface area contributed by atoms with Crippen molar-refractivity contribution in [1.29, 1.82) is 0 Å². The highest BCUT2D eigenvalue weighted by Gasteiger charge is 2.32. The van der Waals surface area contributed by atoms with Crippen molar-refractivity contribution in [2.45, 2.75) is 23.7 Å². The number of hydrogen-bond donors (Lipinski definition) is 1. The number of sulfonamides is 1. The zero-order chi connectivity index (χ0) is 18.9. The summed E-state index contributed by atoms with van der Waals surface area (Å²) in [7, 11) is -0.504. The van der Waals surface area contributed by atoms with Gasteiger partial charge in [0.2, 0.25) is 10.0 Å². The second-order valence-corrected chi connectivity index (χ2v) is 8.28. The molecule has 0 saturated carbocycles. The number of aromatic nitrogens is 2. The number of hydrogen-bond acceptors (Lipinski definition) is 5. The number of carbonyl (C=O) groups excluding carboxylic acids is 1. The van der Waals surface area contributed by atoms with E-state index in [-0.39, 0.29) is 22.1 Å². The summed E-state index contributed by atoms with van der Waals surface area (Å²) in [6, 6.07) is 6.08. The van der Waals surface area contributed by atoms with Gasteiger partial charge in [0.15, 0.2) is 0 Å². The fourth-order valence-electron chi connectivity index (χ4n) is 3.24. The second-order valence-electron chi connectivity index (χ2n) is 6.34. The lowest BCUT2D eigenvalue weighted by atomic mass is 9.96. The van der Waals surface area contributed by atoms with E-state index in [0.717, 1.165) is 18.5 Å². The molecule has 26 heavy (non-hydrogen) atoms. The lowest BCUT2D eigenvalue weighted by molar-refractivity contribution is 0.0997. The first kappa shape index (κ1) is 18.4. The third-order valence-corrected chi connectivity index (χ3v) is 6.47. The Balaban J connectivity index is 1.90. The summed E-state index contributed by atoms with van der Waals surface area (Å²) in [4.78, 5) is 11.6. The van der Waals surface area contributed by atoms with E-state index in [2.05, 4.69) is 5.10 Å². The third-order valence-electron chi connectivity index (χ3n) is 4.61. The Morgan fingerprint density at radius 1 is 1.35 bits per heavy atom. The lowest BCUT2D eigenvalue weighted by Crippen LogP contribution is -2.39. The van der Waals surface area contributed by atoms with Crippen molar-refractivity contribution in [3.05, 3.63) is 41.7 Å². The molecule has 2 N–H and O–H groups in total. The molecule has 1 amide bonds. The number of primary amides is 1. The highest BCUT2D eigenvalue weighted by molar-refractivity contribution is 7.89. The van der Waals surface area contributed by atoms with Crippen molar-refractivity contribution in [3.8, 4) is 5.75 Å². The topological polar surface area (TPSA) is 108 Å². The van der Waals surface area contributed by atoms with Crippen LogP contribution in [0.2, 0.25) is 0 Å². The fourth-order valence-corrected chi connectivity index (χ4v) is 4.79. The van der Waals surface area contributed by atoms with Gasteiger partial charge in [0.1, 0.15) is 5.75 Å². The highest BCUT2D eigenvalue weighted by atomic mass is 32.2. The van der Waals surface area contributed by atoms with Crippen molar-refractivity contribution in [2.24, 2.45) is 12.8 Å². The van der Waals surface area contributed by atoms with Crippen molar-refractivity contribution in [1.82, 2.24) is 14.1 Å². The summed E-state index contributed by atoms with van der Waals surface area (Å²) in [5.41, 5.74) is 6.28. The van der Waals surface area contributed by atoms with Crippen LogP contribution < -0.4 is 10.5 Å². The monoisotopic (exact) mass is 378 g/mol. The van der Waals surface area contributed by atoms with E-state index in [1.54, 1.807) is 4.68 Å². The summed E-state index contributed by atoms with van der Waals surface area (Å²) in [6.07, 6.45) is 3.49. The molecule has 3 rings (SSSR count). The first-order valence-corrected chi connectivity index (χ1v) is 9.74. The Morgan fingerprint density at radius 2 is 2.12 bits per heavy atom. The molecule has 0 bridgehead atoms. The minimum absolute atomic E-state index is 0.0359. The maximum Gasteiger partial charge on any atom is 0.252 e. The molecule has 2 aromatic rings. The van der Waals surface area contributed by atoms with E-state index in [1.165, 1.54) is 29.6 Å². The van der Waals surface area contributed by atoms with Gasteiger partial charge in [-0.15, -0.1) is 0 Å². The smallest absolute Gasteiger partial charge is 0.252 e. The van der Waals surface area contributed by atoms with E-state index < -0.39 is 15.9 Å². The molecule has 0 radical (unpaired) electrons. The maximum absolute atomic E-state index is 13.1. The average Bonchev–Trinajstić information content (AvgIpc) is 3.07. The summed E-state index contributed by atoms with van der Waals surface area (Å²) < 4.78 is 34.3. The molecular weight excluding hydrogens is 356 g/mol. The van der Waals surface area contributed by atoms with Crippen LogP contribution in [0.15, 0.2) is 35.4 Å². The molecule has 1 aliphatic rings. The van der Waals surface area contributed by atoms with E-state index in [4.69, 9.17) is 10.5 Å². The number of amides is 1. The Kier molecular flexibility index (Phi) is 5.01. The van der Waals surface area contributed by atoms with Crippen molar-refractivity contribution >= 4 is 15.9 Å². The first-order valence-electron chi connectivity index (χ1n) is 8.30. The van der Waals surface area contributed by atoms with Crippen molar-refractivity contribution in [3.63, 3.8) is 0 Å². The zero-order valence-electron chi connectivity index (χ0n) is 14.8. The van der Waals surface area contributed by atoms with E-state index in [1.807, 2.05) is 19.3 Å². The van der Waals surface area contributed by atoms with Gasteiger partial charge in [-0.2, -0.15) is 9.40 Å². The normalized spacial score (nSPS) is 18.6. The van der Waals surface area contributed by atoms with Gasteiger partial charge in [-0.1, -0.05) is 0 Å². The molecule has 0 spiro atoms. The molecule has 1 atom stereocenters. The fraction of sp³-hybridized carbons (Fsp3) is 0.412. The number of nitrogens with zero attached hydrogens (tertiary/aromatic N) is 3. The van der Waals surface area contributed by atoms with Gasteiger partial charge < -0.3 is 10.5 Å². The molecule has 1 fully saturated rings. The SMILES string of the molecule is COc1ccc(S(=O)(=O)N2CCC[C@@H](c3ccn(C)n3)C2)cc1C(N)=O. The van der Waals surface area contributed by atoms with Crippen LogP contribution in [0.1, 0.15) is 34.8 Å². The van der Waals surface area contributed by atoms with Crippen LogP contribution in [0, 0.1) is 0 Å². The number of benzene rings is 1. The first-order chi connectivity index (χ1) is 12.3. The van der Waals surface area contributed by atoms with Gasteiger partial charge in [-0.05, 0) is 37.1 Å². The Labute approximate surface area is 152 Å². The molecule has 1 aliphatic heterocycles. The van der Waals surface area contributed by atoms with Crippen molar-refractivity contribution < 1.29 is 17.9 Å². The molecule has 8 nitrogen and oxygen atoms in total. The van der Waals surface area contributed by atoms with Gasteiger partial charge in [0, 0.05) is 32.3 Å². The Hall–Kier alpha value is -2.39. The molecule has 1 aromatic heterocycles. The van der Waals surface area contributed by atoms with E-state index in [9.17, 15) is 13.2 Å². The van der Waals surface area contributed by atoms with Crippen molar-refractivity contribution in [2.75, 3.05) is 20.2 Å². The molecule has 9 heteroatoms. The predicted molar refractivity (Wildman–Crippen MR) is 95.5 cm³/mol. The predicted octanol–water partition coefficient (Wildman–Crippen LogP) is 1.10. The van der Waals surface area contributed by atoms with Gasteiger partial charge in [-0.25, -0.2) is 8.42 Å². The largest absolute Gasteiger partial charge is 0.496 e. The lowest BCUT2D eigenvalue weighted by Gasteiger charge is -2.31. The van der Waals surface area contributed by atoms with Gasteiger partial charge >= 0.3 is 0 Å². The van der Waals surface area contributed by atoms with Gasteiger partial charge in [-0.3, -0.25) is 9.48 Å². The minimum atomic E-state index is -3.74. The standard InChI is InChI=1S/C17H22N4O4S/c1-20-9-7-15(19-20)12-4-3-8-21(11-12)26(23,24)13-5-6-16(25-2)14(10-13)17(18)22/h5-7,9-10,12H,3-4,8,11H2,1-2H3,(H2,18,22)/t12-/m1/s1. The van der Waals surface area contributed by atoms with E-state index >= 15 is 0 Å². The number of piperidine rings is 1. The molecule has 0 unspecified atom stereocenters. The molecule has 0 aliphatic carbocycles. The van der Waals surface area contributed by atoms with Crippen LogP contribution in [-0.2, 0) is 17.1 Å². The zero-order valence-corrected chi connectivity index (χ0v) is 15.6. The summed E-state index contributed by atoms with van der Waals surface area (Å²) in [6.45, 7) is 0.793. The van der Waals surface area contributed by atoms with Crippen LogP contribution in [0.25, 0.3) is 0 Å². The number of carbonyl (C=O) groups is 1. The van der Waals surface area contributed by atoms with Gasteiger partial charge in [0.25, 0.3) is 5.91 Å².